The van der Waals surface area contributed by atoms with Crippen LogP contribution in [0.5, 0.6) is 0 Å². The molecule has 2 N–H and O–H groups in total. The summed E-state index contributed by atoms with van der Waals surface area (Å²) in [5.74, 6) is -0.689. The highest BCUT2D eigenvalue weighted by molar-refractivity contribution is 6.21. The van der Waals surface area contributed by atoms with E-state index in [0.29, 0.717) is 27.7 Å². The Morgan fingerprint density at radius 1 is 0.679 bits per heavy atom. The van der Waals surface area contributed by atoms with Crippen molar-refractivity contribution in [1.29, 1.82) is 0 Å². The van der Waals surface area contributed by atoms with Crippen LogP contribution in [0.15, 0.2) is 67.1 Å². The van der Waals surface area contributed by atoms with Crippen LogP contribution >= 0.6 is 0 Å². The molecule has 7 nitrogen and oxygen atoms in total. The van der Waals surface area contributed by atoms with Gasteiger partial charge in [-0.25, -0.2) is 0 Å². The number of benzene rings is 2. The molecule has 2 amide bonds. The number of nitrogens with zero attached hydrogens (tertiary/aromatic N) is 3. The van der Waals surface area contributed by atoms with Crippen molar-refractivity contribution in [3.63, 3.8) is 0 Å². The molecule has 0 aliphatic carbocycles. The number of nitrogens with one attached hydrogen (secondary N) is 2. The van der Waals surface area contributed by atoms with Crippen LogP contribution in [0.25, 0.3) is 21.9 Å². The van der Waals surface area contributed by atoms with E-state index in [1.807, 2.05) is 18.2 Å². The molecule has 4 aromatic rings. The molecular weight excluding hydrogens is 352 g/mol. The van der Waals surface area contributed by atoms with Gasteiger partial charge in [-0.15, -0.1) is 0 Å². The lowest BCUT2D eigenvalue weighted by molar-refractivity contribution is 0.0974. The fraction of sp³-hybridized carbons (Fsp3) is 0. The Kier molecular flexibility index (Phi) is 5.96. The number of hydrogen-bond donors (Lipinski definition) is 2. The molecule has 28 heavy (non-hydrogen) atoms. The highest BCUT2D eigenvalue weighted by atomic mass is 16.2. The zero-order valence-corrected chi connectivity index (χ0v) is 14.7. The average molecular weight is 365 g/mol. The summed E-state index contributed by atoms with van der Waals surface area (Å²) in [7, 11) is 10.1. The molecule has 9 heteroatoms. The number of aromatic nitrogens is 3. The van der Waals surface area contributed by atoms with Crippen molar-refractivity contribution in [3.05, 3.63) is 78.2 Å². The summed E-state index contributed by atoms with van der Waals surface area (Å²) in [6.45, 7) is 0. The Hall–Kier alpha value is -3.74. The summed E-state index contributed by atoms with van der Waals surface area (Å²) >= 11 is 0. The quantitative estimate of drug-likeness (QED) is 0.525. The standard InChI is InChI=1S/C10H7BN2O.C9H6BN3O/c11-13-10(14)8-5-1-3-7-4-2-6-12-9(7)8;10-13-9(14)6-2-1-3-7-8(6)12-5-4-11-7/h1-6H,(H,13,14);1-5H,(H,13,14). The van der Waals surface area contributed by atoms with Crippen molar-refractivity contribution in [1.82, 2.24) is 25.4 Å². The van der Waals surface area contributed by atoms with E-state index in [1.54, 1.807) is 42.7 Å². The van der Waals surface area contributed by atoms with Crippen LogP contribution in [-0.4, -0.2) is 42.7 Å². The molecule has 0 atom stereocenters. The first-order valence-corrected chi connectivity index (χ1v) is 8.21. The maximum Gasteiger partial charge on any atom is 0.240 e. The highest BCUT2D eigenvalue weighted by Gasteiger charge is 2.08. The van der Waals surface area contributed by atoms with Crippen molar-refractivity contribution in [2.45, 2.75) is 0 Å². The van der Waals surface area contributed by atoms with E-state index in [2.05, 4.69) is 25.4 Å². The molecule has 0 fully saturated rings. The van der Waals surface area contributed by atoms with Crippen LogP contribution < -0.4 is 10.5 Å². The maximum absolute atomic E-state index is 11.4. The van der Waals surface area contributed by atoms with Crippen molar-refractivity contribution in [2.24, 2.45) is 0 Å². The molecule has 2 aromatic carbocycles. The smallest absolute Gasteiger partial charge is 0.240 e. The fourth-order valence-corrected chi connectivity index (χ4v) is 2.62. The van der Waals surface area contributed by atoms with E-state index in [1.165, 1.54) is 6.20 Å². The number of rotatable bonds is 2. The lowest BCUT2D eigenvalue weighted by atomic mass is 10.1. The summed E-state index contributed by atoms with van der Waals surface area (Å²) in [4.78, 5) is 35.0. The number of pyridine rings is 1. The number of amides is 2. The van der Waals surface area contributed by atoms with Crippen LogP contribution in [0.3, 0.4) is 0 Å². The predicted molar refractivity (Wildman–Crippen MR) is 108 cm³/mol. The number of hydrogen-bond acceptors (Lipinski definition) is 5. The Morgan fingerprint density at radius 3 is 1.96 bits per heavy atom. The Balaban J connectivity index is 0.000000161. The van der Waals surface area contributed by atoms with Gasteiger partial charge in [-0.3, -0.25) is 24.5 Å². The van der Waals surface area contributed by atoms with Crippen LogP contribution in [0.4, 0.5) is 0 Å². The summed E-state index contributed by atoms with van der Waals surface area (Å²) in [5.41, 5.74) is 2.81. The van der Waals surface area contributed by atoms with E-state index in [9.17, 15) is 9.59 Å². The van der Waals surface area contributed by atoms with Crippen molar-refractivity contribution in [2.75, 3.05) is 0 Å². The van der Waals surface area contributed by atoms with E-state index < -0.39 is 0 Å². The van der Waals surface area contributed by atoms with Crippen LogP contribution in [0.2, 0.25) is 0 Å². The van der Waals surface area contributed by atoms with E-state index >= 15 is 0 Å². The second-order valence-corrected chi connectivity index (χ2v) is 5.56. The fourth-order valence-electron chi connectivity index (χ4n) is 2.62. The SMILES string of the molecule is [B]NC(=O)c1cccc2cccnc12.[B]NC(=O)c1cccc2nccnc12. The van der Waals surface area contributed by atoms with Gasteiger partial charge in [0.05, 0.1) is 22.2 Å². The first-order valence-electron chi connectivity index (χ1n) is 8.21. The molecule has 0 unspecified atom stereocenters. The van der Waals surface area contributed by atoms with Gasteiger partial charge in [0.2, 0.25) is 27.8 Å². The summed E-state index contributed by atoms with van der Waals surface area (Å²) in [5, 5.41) is 5.09. The molecule has 0 aliphatic rings. The highest BCUT2D eigenvalue weighted by Crippen LogP contribution is 2.15. The monoisotopic (exact) mass is 365 g/mol. The van der Waals surface area contributed by atoms with Crippen molar-refractivity contribution < 1.29 is 9.59 Å². The zero-order chi connectivity index (χ0) is 19.9. The number of para-hydroxylation sites is 2. The molecule has 132 valence electrons. The molecular formula is C19H13B2N5O2. The third-order valence-corrected chi connectivity index (χ3v) is 3.88. The predicted octanol–water partition coefficient (Wildman–Crippen LogP) is 1.49. The Labute approximate surface area is 163 Å². The van der Waals surface area contributed by atoms with Gasteiger partial charge in [0.15, 0.2) is 0 Å². The second kappa shape index (κ2) is 8.77. The molecule has 2 heterocycles. The molecule has 0 saturated heterocycles. The van der Waals surface area contributed by atoms with Gasteiger partial charge in [0, 0.05) is 24.0 Å². The van der Waals surface area contributed by atoms with Crippen LogP contribution in [0.1, 0.15) is 20.7 Å². The number of carbonyl (C=O) groups is 2. The van der Waals surface area contributed by atoms with Gasteiger partial charge in [-0.05, 0) is 24.3 Å². The molecule has 0 saturated carbocycles. The number of fused-ring (bicyclic) bond motifs is 2. The van der Waals surface area contributed by atoms with Crippen LogP contribution in [-0.2, 0) is 0 Å². The van der Waals surface area contributed by atoms with Gasteiger partial charge in [0.25, 0.3) is 0 Å². The van der Waals surface area contributed by atoms with Gasteiger partial charge >= 0.3 is 0 Å². The van der Waals surface area contributed by atoms with Gasteiger partial charge < -0.3 is 10.5 Å². The molecule has 4 radical (unpaired) electrons. The van der Waals surface area contributed by atoms with Crippen LogP contribution in [0, 0.1) is 0 Å². The summed E-state index contributed by atoms with van der Waals surface area (Å²) in [6, 6.07) is 14.3. The van der Waals surface area contributed by atoms with E-state index in [4.69, 9.17) is 16.0 Å². The molecule has 2 aromatic heterocycles. The Morgan fingerprint density at radius 2 is 1.25 bits per heavy atom. The third-order valence-electron chi connectivity index (χ3n) is 3.88. The topological polar surface area (TPSA) is 96.9 Å². The summed E-state index contributed by atoms with van der Waals surface area (Å²) < 4.78 is 0. The molecule has 0 spiro atoms. The van der Waals surface area contributed by atoms with Gasteiger partial charge in [0.1, 0.15) is 5.52 Å². The largest absolute Gasteiger partial charge is 0.405 e. The molecule has 4 rings (SSSR count). The van der Waals surface area contributed by atoms with E-state index in [0.717, 1.165) is 5.39 Å². The summed E-state index contributed by atoms with van der Waals surface area (Å²) in [6.07, 6.45) is 4.76. The van der Waals surface area contributed by atoms with Gasteiger partial charge in [-0.2, -0.15) is 0 Å². The Bertz CT molecular complexity index is 1050. The van der Waals surface area contributed by atoms with Gasteiger partial charge in [-0.1, -0.05) is 24.3 Å². The normalized spacial score (nSPS) is 10.0. The minimum absolute atomic E-state index is 0.325. The first kappa shape index (κ1) is 19.0. The average Bonchev–Trinajstić information content (AvgIpc) is 2.77. The first-order chi connectivity index (χ1) is 13.7. The molecule has 0 bridgehead atoms. The zero-order valence-electron chi connectivity index (χ0n) is 14.7. The lowest BCUT2D eigenvalue weighted by Crippen LogP contribution is -2.20. The minimum atomic E-state index is -0.365. The molecule has 0 aliphatic heterocycles. The third kappa shape index (κ3) is 3.98. The minimum Gasteiger partial charge on any atom is -0.405 e. The van der Waals surface area contributed by atoms with Crippen molar-refractivity contribution in [3.8, 4) is 0 Å². The van der Waals surface area contributed by atoms with Crippen molar-refractivity contribution >= 4 is 49.7 Å². The lowest BCUT2D eigenvalue weighted by Gasteiger charge is -2.03. The maximum atomic E-state index is 11.4. The number of carbonyl (C=O) groups excluding carboxylic acids is 2. The second-order valence-electron chi connectivity index (χ2n) is 5.56. The van der Waals surface area contributed by atoms with E-state index in [-0.39, 0.29) is 11.8 Å².